The van der Waals surface area contributed by atoms with Crippen molar-refractivity contribution in [2.75, 3.05) is 19.0 Å². The second-order valence-corrected chi connectivity index (χ2v) is 4.90. The molecule has 0 fully saturated rings. The zero-order chi connectivity index (χ0) is 16.1. The van der Waals surface area contributed by atoms with Crippen LogP contribution in [0.3, 0.4) is 0 Å². The van der Waals surface area contributed by atoms with E-state index in [1.54, 1.807) is 30.4 Å². The van der Waals surface area contributed by atoms with Gasteiger partial charge in [-0.15, -0.1) is 0 Å². The Morgan fingerprint density at radius 3 is 3.00 bits per heavy atom. The molecular formula is C14H18N8O. The van der Waals surface area contributed by atoms with Gasteiger partial charge in [-0.3, -0.25) is 0 Å². The van der Waals surface area contributed by atoms with Crippen molar-refractivity contribution in [3.05, 3.63) is 36.8 Å². The van der Waals surface area contributed by atoms with Gasteiger partial charge in [0.05, 0.1) is 25.2 Å². The summed E-state index contributed by atoms with van der Waals surface area (Å²) in [7, 11) is 3.51. The number of imidazole rings is 1. The maximum absolute atomic E-state index is 5.09. The van der Waals surface area contributed by atoms with Gasteiger partial charge in [-0.2, -0.15) is 5.10 Å². The second kappa shape index (κ2) is 6.97. The van der Waals surface area contributed by atoms with Crippen molar-refractivity contribution < 1.29 is 4.74 Å². The third kappa shape index (κ3) is 3.51. The Morgan fingerprint density at radius 2 is 2.22 bits per heavy atom. The predicted octanol–water partition coefficient (Wildman–Crippen LogP) is 0.727. The summed E-state index contributed by atoms with van der Waals surface area (Å²) in [5.41, 5.74) is 1.75. The molecule has 120 valence electrons. The Balaban J connectivity index is 1.70. The van der Waals surface area contributed by atoms with Crippen molar-refractivity contribution in [1.29, 1.82) is 0 Å². The quantitative estimate of drug-likeness (QED) is 0.686. The fourth-order valence-electron chi connectivity index (χ4n) is 2.15. The standard InChI is InChI=1S/C14H18N8O/c1-21-13(18-9-19-21)12-3-4-16-14(20-12)17-8-11-7-15-10-22(11)5-6-23-2/h3-4,7,9-10H,5-6,8H2,1-2H3,(H,16,17,20). The molecule has 0 saturated carbocycles. The molecule has 23 heavy (non-hydrogen) atoms. The molecule has 0 aliphatic carbocycles. The van der Waals surface area contributed by atoms with Crippen molar-refractivity contribution in [1.82, 2.24) is 34.3 Å². The summed E-state index contributed by atoms with van der Waals surface area (Å²) in [6.07, 6.45) is 6.79. The van der Waals surface area contributed by atoms with Crippen LogP contribution in [-0.2, 0) is 24.9 Å². The summed E-state index contributed by atoms with van der Waals surface area (Å²) in [6, 6.07) is 1.80. The average Bonchev–Trinajstić information content (AvgIpc) is 3.20. The van der Waals surface area contributed by atoms with Crippen LogP contribution in [0.25, 0.3) is 11.5 Å². The molecule has 3 rings (SSSR count). The van der Waals surface area contributed by atoms with E-state index in [2.05, 4.69) is 30.4 Å². The summed E-state index contributed by atoms with van der Waals surface area (Å²) < 4.78 is 8.80. The first-order valence-electron chi connectivity index (χ1n) is 7.17. The van der Waals surface area contributed by atoms with Gasteiger partial charge in [0.15, 0.2) is 5.82 Å². The number of nitrogens with zero attached hydrogens (tertiary/aromatic N) is 7. The third-order valence-electron chi connectivity index (χ3n) is 3.36. The van der Waals surface area contributed by atoms with Crippen LogP contribution in [0.2, 0.25) is 0 Å². The number of rotatable bonds is 7. The number of aromatic nitrogens is 7. The minimum absolute atomic E-state index is 0.532. The minimum Gasteiger partial charge on any atom is -0.383 e. The molecule has 1 N–H and O–H groups in total. The highest BCUT2D eigenvalue weighted by molar-refractivity contribution is 5.50. The van der Waals surface area contributed by atoms with Crippen LogP contribution < -0.4 is 5.32 Å². The molecule has 0 aromatic carbocycles. The van der Waals surface area contributed by atoms with Crippen molar-refractivity contribution in [2.24, 2.45) is 7.05 Å². The lowest BCUT2D eigenvalue weighted by Crippen LogP contribution is -2.11. The molecule has 0 spiro atoms. The maximum Gasteiger partial charge on any atom is 0.223 e. The zero-order valence-corrected chi connectivity index (χ0v) is 13.0. The van der Waals surface area contributed by atoms with Crippen molar-refractivity contribution in [2.45, 2.75) is 13.1 Å². The molecule has 0 atom stereocenters. The van der Waals surface area contributed by atoms with E-state index in [0.717, 1.165) is 17.9 Å². The Morgan fingerprint density at radius 1 is 1.30 bits per heavy atom. The van der Waals surface area contributed by atoms with E-state index < -0.39 is 0 Å². The molecule has 9 heteroatoms. The van der Waals surface area contributed by atoms with Crippen LogP contribution in [0, 0.1) is 0 Å². The number of nitrogens with one attached hydrogen (secondary N) is 1. The number of anilines is 1. The lowest BCUT2D eigenvalue weighted by molar-refractivity contribution is 0.186. The van der Waals surface area contributed by atoms with Crippen molar-refractivity contribution >= 4 is 5.95 Å². The van der Waals surface area contributed by atoms with Crippen LogP contribution in [0.5, 0.6) is 0 Å². The molecule has 0 unspecified atom stereocenters. The van der Waals surface area contributed by atoms with Gasteiger partial charge in [0, 0.05) is 33.1 Å². The van der Waals surface area contributed by atoms with E-state index in [-0.39, 0.29) is 0 Å². The Hall–Kier alpha value is -2.81. The molecular weight excluding hydrogens is 296 g/mol. The maximum atomic E-state index is 5.09. The minimum atomic E-state index is 0.532. The summed E-state index contributed by atoms with van der Waals surface area (Å²) in [5, 5.41) is 7.26. The first kappa shape index (κ1) is 15.1. The van der Waals surface area contributed by atoms with Gasteiger partial charge in [0.2, 0.25) is 5.95 Å². The smallest absolute Gasteiger partial charge is 0.223 e. The van der Waals surface area contributed by atoms with Gasteiger partial charge >= 0.3 is 0 Å². The fourth-order valence-corrected chi connectivity index (χ4v) is 2.15. The number of aryl methyl sites for hydroxylation is 1. The molecule has 0 saturated heterocycles. The van der Waals surface area contributed by atoms with E-state index in [1.807, 2.05) is 17.8 Å². The van der Waals surface area contributed by atoms with Gasteiger partial charge in [-0.05, 0) is 6.07 Å². The molecule has 3 aromatic heterocycles. The number of methoxy groups -OCH3 is 1. The monoisotopic (exact) mass is 314 g/mol. The number of ether oxygens (including phenoxy) is 1. The highest BCUT2D eigenvalue weighted by Crippen LogP contribution is 2.13. The van der Waals surface area contributed by atoms with Crippen LogP contribution in [0.4, 0.5) is 5.95 Å². The molecule has 0 amide bonds. The van der Waals surface area contributed by atoms with E-state index in [0.29, 0.717) is 24.9 Å². The summed E-state index contributed by atoms with van der Waals surface area (Å²) in [6.45, 7) is 1.97. The highest BCUT2D eigenvalue weighted by atomic mass is 16.5. The SMILES string of the molecule is COCCn1cncc1CNc1nccc(-c2ncnn2C)n1. The Bertz CT molecular complexity index is 765. The van der Waals surface area contributed by atoms with E-state index in [4.69, 9.17) is 4.74 Å². The number of hydrogen-bond donors (Lipinski definition) is 1. The average molecular weight is 314 g/mol. The van der Waals surface area contributed by atoms with Gasteiger partial charge in [0.1, 0.15) is 12.0 Å². The molecule has 0 aliphatic heterocycles. The van der Waals surface area contributed by atoms with Gasteiger partial charge in [-0.25, -0.2) is 24.6 Å². The lowest BCUT2D eigenvalue weighted by atomic mass is 10.4. The molecule has 0 aliphatic rings. The molecule has 3 aromatic rings. The van der Waals surface area contributed by atoms with Gasteiger partial charge in [0.25, 0.3) is 0 Å². The van der Waals surface area contributed by atoms with E-state index >= 15 is 0 Å². The normalized spacial score (nSPS) is 10.9. The topological polar surface area (TPSA) is 95.6 Å². The first-order chi connectivity index (χ1) is 11.3. The predicted molar refractivity (Wildman–Crippen MR) is 83.5 cm³/mol. The summed E-state index contributed by atoms with van der Waals surface area (Å²) >= 11 is 0. The van der Waals surface area contributed by atoms with Gasteiger partial charge in [-0.1, -0.05) is 0 Å². The Kier molecular flexibility index (Phi) is 4.57. The van der Waals surface area contributed by atoms with Crippen molar-refractivity contribution in [3.63, 3.8) is 0 Å². The van der Waals surface area contributed by atoms with Crippen molar-refractivity contribution in [3.8, 4) is 11.5 Å². The highest BCUT2D eigenvalue weighted by Gasteiger charge is 2.08. The third-order valence-corrected chi connectivity index (χ3v) is 3.36. The van der Waals surface area contributed by atoms with Crippen LogP contribution in [0.1, 0.15) is 5.69 Å². The fraction of sp³-hybridized carbons (Fsp3) is 0.357. The van der Waals surface area contributed by atoms with E-state index in [9.17, 15) is 0 Å². The second-order valence-electron chi connectivity index (χ2n) is 4.90. The summed E-state index contributed by atoms with van der Waals surface area (Å²) in [5.74, 6) is 1.23. The largest absolute Gasteiger partial charge is 0.383 e. The molecule has 3 heterocycles. The summed E-state index contributed by atoms with van der Waals surface area (Å²) in [4.78, 5) is 17.1. The van der Waals surface area contributed by atoms with Crippen LogP contribution in [0.15, 0.2) is 31.1 Å². The van der Waals surface area contributed by atoms with Gasteiger partial charge < -0.3 is 14.6 Å². The molecule has 9 nitrogen and oxygen atoms in total. The van der Waals surface area contributed by atoms with Crippen LogP contribution in [-0.4, -0.2) is 48.0 Å². The Labute approximate surface area is 133 Å². The molecule has 0 radical (unpaired) electrons. The zero-order valence-electron chi connectivity index (χ0n) is 13.0. The lowest BCUT2D eigenvalue weighted by Gasteiger charge is -2.09. The molecule has 0 bridgehead atoms. The van der Waals surface area contributed by atoms with Crippen LogP contribution >= 0.6 is 0 Å². The first-order valence-corrected chi connectivity index (χ1v) is 7.17. The van der Waals surface area contributed by atoms with E-state index in [1.165, 1.54) is 6.33 Å². The number of hydrogen-bond acceptors (Lipinski definition) is 7.